The highest BCUT2D eigenvalue weighted by Crippen LogP contribution is 2.27. The van der Waals surface area contributed by atoms with Gasteiger partial charge in [-0.25, -0.2) is 4.39 Å². The Morgan fingerprint density at radius 3 is 2.14 bits per heavy atom. The molecule has 0 aliphatic heterocycles. The zero-order chi connectivity index (χ0) is 30.9. The highest BCUT2D eigenvalue weighted by molar-refractivity contribution is 8.00. The monoisotopic (exact) mass is 618 g/mol. The van der Waals surface area contributed by atoms with E-state index in [1.54, 1.807) is 61.5 Å². The Kier molecular flexibility index (Phi) is 10.3. The topological polar surface area (TPSA) is 130 Å². The number of nitro benzene ring substituents is 1. The Bertz CT molecular complexity index is 1660. The van der Waals surface area contributed by atoms with Crippen molar-refractivity contribution >= 4 is 64.2 Å². The molecule has 218 valence electrons. The Hall–Kier alpha value is -5.00. The van der Waals surface area contributed by atoms with Gasteiger partial charge in [0.2, 0.25) is 5.91 Å². The zero-order valence-electron chi connectivity index (χ0n) is 22.5. The lowest BCUT2D eigenvalue weighted by atomic mass is 10.1. The van der Waals surface area contributed by atoms with Gasteiger partial charge in [0.25, 0.3) is 17.5 Å². The smallest absolute Gasteiger partial charge is 0.272 e. The van der Waals surface area contributed by atoms with Crippen LogP contribution in [0.3, 0.4) is 0 Å². The molecule has 0 radical (unpaired) electrons. The molecule has 0 fully saturated rings. The van der Waals surface area contributed by atoms with Gasteiger partial charge in [-0.1, -0.05) is 35.9 Å². The molecule has 0 aliphatic rings. The molecule has 9 nitrogen and oxygen atoms in total. The quantitative estimate of drug-likeness (QED) is 0.0766. The second-order valence-electron chi connectivity index (χ2n) is 9.05. The number of rotatable bonds is 10. The van der Waals surface area contributed by atoms with Crippen molar-refractivity contribution in [2.75, 3.05) is 10.6 Å². The largest absolute Gasteiger partial charge is 0.325 e. The first-order chi connectivity index (χ1) is 20.6. The van der Waals surface area contributed by atoms with Gasteiger partial charge in [0.1, 0.15) is 11.5 Å². The molecule has 1 unspecified atom stereocenters. The Morgan fingerprint density at radius 1 is 0.884 bits per heavy atom. The maximum absolute atomic E-state index is 14.5. The molecule has 0 heterocycles. The van der Waals surface area contributed by atoms with Crippen LogP contribution in [-0.4, -0.2) is 27.9 Å². The molecule has 0 aliphatic carbocycles. The first kappa shape index (κ1) is 30.9. The van der Waals surface area contributed by atoms with Crippen molar-refractivity contribution in [2.24, 2.45) is 0 Å². The van der Waals surface area contributed by atoms with Gasteiger partial charge in [-0.3, -0.25) is 24.5 Å². The van der Waals surface area contributed by atoms with E-state index in [0.717, 1.165) is 4.90 Å². The Labute approximate surface area is 255 Å². The summed E-state index contributed by atoms with van der Waals surface area (Å²) in [5.74, 6) is -2.24. The van der Waals surface area contributed by atoms with Gasteiger partial charge in [-0.05, 0) is 73.7 Å². The van der Waals surface area contributed by atoms with Crippen LogP contribution < -0.4 is 16.0 Å². The zero-order valence-corrected chi connectivity index (χ0v) is 24.1. The number of hydrogen-bond acceptors (Lipinski definition) is 6. The highest BCUT2D eigenvalue weighted by atomic mass is 35.5. The van der Waals surface area contributed by atoms with Gasteiger partial charge in [0.05, 0.1) is 15.2 Å². The summed E-state index contributed by atoms with van der Waals surface area (Å²) in [5.41, 5.74) is 0.753. The molecule has 3 amide bonds. The number of nitrogens with one attached hydrogen (secondary N) is 3. The summed E-state index contributed by atoms with van der Waals surface area (Å²) in [4.78, 5) is 49.7. The third-order valence-corrected chi connectivity index (χ3v) is 7.40. The summed E-state index contributed by atoms with van der Waals surface area (Å²) in [6, 6.07) is 24.5. The second-order valence-corrected chi connectivity index (χ2v) is 10.9. The number of anilines is 2. The number of carbonyl (C=O) groups excluding carboxylic acids is 3. The van der Waals surface area contributed by atoms with Gasteiger partial charge in [-0.2, -0.15) is 0 Å². The molecular formula is C31H24ClFN4O5S. The van der Waals surface area contributed by atoms with Crippen LogP contribution in [0.5, 0.6) is 0 Å². The van der Waals surface area contributed by atoms with Gasteiger partial charge in [0, 0.05) is 39.5 Å². The average Bonchev–Trinajstić information content (AvgIpc) is 3.00. The van der Waals surface area contributed by atoms with E-state index in [-0.39, 0.29) is 27.9 Å². The summed E-state index contributed by atoms with van der Waals surface area (Å²) in [7, 11) is 0. The summed E-state index contributed by atoms with van der Waals surface area (Å²) in [6.07, 6.45) is 1.17. The molecule has 3 N–H and O–H groups in total. The molecule has 4 aromatic rings. The number of nitrogens with zero attached hydrogens (tertiary/aromatic N) is 1. The van der Waals surface area contributed by atoms with Crippen molar-refractivity contribution in [2.45, 2.75) is 17.1 Å². The number of non-ortho nitro benzene ring substituents is 1. The Morgan fingerprint density at radius 2 is 1.51 bits per heavy atom. The van der Waals surface area contributed by atoms with E-state index >= 15 is 0 Å². The molecule has 0 spiro atoms. The second kappa shape index (κ2) is 14.3. The van der Waals surface area contributed by atoms with Crippen molar-refractivity contribution < 1.29 is 23.7 Å². The number of carbonyl (C=O) groups is 3. The van der Waals surface area contributed by atoms with Crippen LogP contribution in [0.2, 0.25) is 5.02 Å². The number of amides is 3. The third kappa shape index (κ3) is 8.51. The van der Waals surface area contributed by atoms with E-state index in [1.807, 2.05) is 0 Å². The minimum atomic E-state index is -0.708. The van der Waals surface area contributed by atoms with Crippen LogP contribution in [0.4, 0.5) is 21.5 Å². The van der Waals surface area contributed by atoms with E-state index in [1.165, 1.54) is 60.3 Å². The maximum Gasteiger partial charge on any atom is 0.272 e. The van der Waals surface area contributed by atoms with Crippen molar-refractivity contribution in [3.63, 3.8) is 0 Å². The molecule has 0 aromatic heterocycles. The summed E-state index contributed by atoms with van der Waals surface area (Å²) in [6.45, 7) is 1.71. The normalized spacial score (nSPS) is 11.7. The van der Waals surface area contributed by atoms with E-state index in [9.17, 15) is 28.9 Å². The van der Waals surface area contributed by atoms with E-state index in [0.29, 0.717) is 16.9 Å². The van der Waals surface area contributed by atoms with Crippen LogP contribution in [-0.2, 0) is 9.59 Å². The molecule has 43 heavy (non-hydrogen) atoms. The Balaban J connectivity index is 1.44. The summed E-state index contributed by atoms with van der Waals surface area (Å²) in [5, 5.41) is 18.3. The first-order valence-corrected chi connectivity index (χ1v) is 14.0. The summed E-state index contributed by atoms with van der Waals surface area (Å²) >= 11 is 7.42. The summed E-state index contributed by atoms with van der Waals surface area (Å²) < 4.78 is 14.5. The van der Waals surface area contributed by atoms with Gasteiger partial charge in [0.15, 0.2) is 0 Å². The number of nitro groups is 1. The molecule has 1 atom stereocenters. The standard InChI is InChI=1S/C31H24ClFN4O5S/c1-19(29(38)34-21-10-14-23(15-11-21)37(41)42)43-24-16-12-22(13-17-24)35-31(40)28(18-25-26(32)8-5-9-27(25)33)36-30(39)20-6-3-2-4-7-20/h2-19H,1H3,(H,34,38)(H,35,40)(H,36,39)/b28-18-. The lowest BCUT2D eigenvalue weighted by Crippen LogP contribution is -2.30. The molecule has 4 aromatic carbocycles. The van der Waals surface area contributed by atoms with Gasteiger partial charge < -0.3 is 16.0 Å². The van der Waals surface area contributed by atoms with Crippen molar-refractivity contribution in [1.82, 2.24) is 5.32 Å². The third-order valence-electron chi connectivity index (χ3n) is 5.96. The van der Waals surface area contributed by atoms with Crippen LogP contribution in [0, 0.1) is 15.9 Å². The van der Waals surface area contributed by atoms with Crippen LogP contribution in [0.15, 0.2) is 108 Å². The van der Waals surface area contributed by atoms with Gasteiger partial charge >= 0.3 is 0 Å². The van der Waals surface area contributed by atoms with Crippen molar-refractivity contribution in [3.8, 4) is 0 Å². The van der Waals surface area contributed by atoms with E-state index < -0.39 is 27.8 Å². The van der Waals surface area contributed by atoms with Crippen molar-refractivity contribution in [1.29, 1.82) is 0 Å². The number of halogens is 2. The maximum atomic E-state index is 14.5. The number of hydrogen-bond donors (Lipinski definition) is 3. The SMILES string of the molecule is CC(Sc1ccc(NC(=O)/C(=C/c2c(F)cccc2Cl)NC(=O)c2ccccc2)cc1)C(=O)Nc1ccc([N+](=O)[O-])cc1. The molecule has 4 rings (SSSR count). The minimum absolute atomic E-state index is 0.0598. The molecule has 0 bridgehead atoms. The fourth-order valence-electron chi connectivity index (χ4n) is 3.72. The lowest BCUT2D eigenvalue weighted by molar-refractivity contribution is -0.384. The lowest BCUT2D eigenvalue weighted by Gasteiger charge is -2.14. The average molecular weight is 619 g/mol. The fourth-order valence-corrected chi connectivity index (χ4v) is 4.80. The van der Waals surface area contributed by atoms with Crippen LogP contribution in [0.25, 0.3) is 6.08 Å². The molecule has 0 saturated heterocycles. The van der Waals surface area contributed by atoms with E-state index in [4.69, 9.17) is 11.6 Å². The fraction of sp³-hybridized carbons (Fsp3) is 0.0645. The molecule has 12 heteroatoms. The molecular weight excluding hydrogens is 595 g/mol. The van der Waals surface area contributed by atoms with Crippen molar-refractivity contribution in [3.05, 3.63) is 135 Å². The van der Waals surface area contributed by atoms with E-state index in [2.05, 4.69) is 16.0 Å². The molecule has 0 saturated carbocycles. The van der Waals surface area contributed by atoms with Crippen LogP contribution >= 0.6 is 23.4 Å². The number of thioether (sulfide) groups is 1. The highest BCUT2D eigenvalue weighted by Gasteiger charge is 2.18. The minimum Gasteiger partial charge on any atom is -0.325 e. The predicted molar refractivity (Wildman–Crippen MR) is 165 cm³/mol. The number of benzene rings is 4. The van der Waals surface area contributed by atoms with Crippen LogP contribution in [0.1, 0.15) is 22.8 Å². The van der Waals surface area contributed by atoms with Gasteiger partial charge in [-0.15, -0.1) is 11.8 Å². The first-order valence-electron chi connectivity index (χ1n) is 12.8. The predicted octanol–water partition coefficient (Wildman–Crippen LogP) is 6.92.